The predicted octanol–water partition coefficient (Wildman–Crippen LogP) is 4.35. The normalized spacial score (nSPS) is 11.4. The smallest absolute Gasteiger partial charge is 0.228 e. The van der Waals surface area contributed by atoms with Crippen molar-refractivity contribution in [2.45, 2.75) is 40.2 Å². The molecule has 2 aromatic heterocycles. The first-order chi connectivity index (χ1) is 14.8. The number of nitrogens with zero attached hydrogens (tertiary/aromatic N) is 3. The summed E-state index contributed by atoms with van der Waals surface area (Å²) >= 11 is 0. The first-order valence-electron chi connectivity index (χ1n) is 10.1. The van der Waals surface area contributed by atoms with E-state index in [1.54, 1.807) is 31.4 Å². The Morgan fingerprint density at radius 1 is 1.13 bits per heavy atom. The van der Waals surface area contributed by atoms with Gasteiger partial charge in [-0.2, -0.15) is 4.98 Å². The van der Waals surface area contributed by atoms with Gasteiger partial charge in [0, 0.05) is 31.0 Å². The number of benzene rings is 1. The van der Waals surface area contributed by atoms with E-state index in [1.807, 2.05) is 45.0 Å². The molecule has 2 heterocycles. The fraction of sp³-hybridized carbons (Fsp3) is 0.435. The molecule has 0 spiro atoms. The fourth-order valence-electron chi connectivity index (χ4n) is 3.09. The number of ether oxygens (including phenoxy) is 2. The first kappa shape index (κ1) is 22.4. The summed E-state index contributed by atoms with van der Waals surface area (Å²) in [5.74, 6) is 2.95. The average molecular weight is 428 g/mol. The van der Waals surface area contributed by atoms with Crippen LogP contribution in [0, 0.1) is 5.41 Å². The van der Waals surface area contributed by atoms with Gasteiger partial charge in [-0.1, -0.05) is 25.9 Å². The average Bonchev–Trinajstić information content (AvgIpc) is 3.41. The minimum atomic E-state index is -0.110. The number of hydrogen-bond acceptors (Lipinski definition) is 7. The largest absolute Gasteiger partial charge is 0.497 e. The Balaban J connectivity index is 1.72. The molecule has 31 heavy (non-hydrogen) atoms. The van der Waals surface area contributed by atoms with Crippen LogP contribution in [0.5, 0.6) is 11.5 Å². The minimum absolute atomic E-state index is 0.0566. The molecule has 1 amide bonds. The Labute approximate surface area is 182 Å². The van der Waals surface area contributed by atoms with Gasteiger partial charge in [-0.3, -0.25) is 4.79 Å². The van der Waals surface area contributed by atoms with E-state index in [4.69, 9.17) is 18.4 Å². The third-order valence-electron chi connectivity index (χ3n) is 4.63. The van der Waals surface area contributed by atoms with Crippen molar-refractivity contribution in [3.8, 4) is 22.9 Å². The van der Waals surface area contributed by atoms with Crippen molar-refractivity contribution in [1.82, 2.24) is 15.0 Å². The van der Waals surface area contributed by atoms with Crippen LogP contribution in [0.3, 0.4) is 0 Å². The summed E-state index contributed by atoms with van der Waals surface area (Å²) < 4.78 is 21.5. The maximum absolute atomic E-state index is 12.9. The summed E-state index contributed by atoms with van der Waals surface area (Å²) in [4.78, 5) is 19.1. The molecule has 8 nitrogen and oxygen atoms in total. The quantitative estimate of drug-likeness (QED) is 0.501. The molecule has 0 aliphatic heterocycles. The van der Waals surface area contributed by atoms with Gasteiger partial charge in [0.2, 0.25) is 17.6 Å². The SMILES string of the molecule is COc1cc(OC)cc(-c2noc(CCN(Cc3ccco3)C(=O)CC(C)(C)C)n2)c1. The van der Waals surface area contributed by atoms with Crippen LogP contribution in [0.15, 0.2) is 45.5 Å². The molecule has 0 bridgehead atoms. The fourth-order valence-corrected chi connectivity index (χ4v) is 3.09. The molecule has 0 unspecified atom stereocenters. The monoisotopic (exact) mass is 427 g/mol. The van der Waals surface area contributed by atoms with Crippen LogP contribution < -0.4 is 9.47 Å². The number of rotatable bonds is 9. The molecular weight excluding hydrogens is 398 g/mol. The van der Waals surface area contributed by atoms with Gasteiger partial charge >= 0.3 is 0 Å². The highest BCUT2D eigenvalue weighted by atomic mass is 16.5. The van der Waals surface area contributed by atoms with Crippen molar-refractivity contribution in [3.05, 3.63) is 48.2 Å². The van der Waals surface area contributed by atoms with Crippen molar-refractivity contribution < 1.29 is 23.2 Å². The highest BCUT2D eigenvalue weighted by Gasteiger charge is 2.23. The highest BCUT2D eigenvalue weighted by molar-refractivity contribution is 5.76. The molecule has 8 heteroatoms. The van der Waals surface area contributed by atoms with Crippen LogP contribution in [0.1, 0.15) is 38.8 Å². The maximum atomic E-state index is 12.9. The van der Waals surface area contributed by atoms with Crippen molar-refractivity contribution in [1.29, 1.82) is 0 Å². The Hall–Kier alpha value is -3.29. The van der Waals surface area contributed by atoms with Gasteiger partial charge in [0.05, 0.1) is 27.0 Å². The van der Waals surface area contributed by atoms with E-state index in [9.17, 15) is 4.79 Å². The number of amides is 1. The van der Waals surface area contributed by atoms with Gasteiger partial charge in [-0.05, 0) is 29.7 Å². The summed E-state index contributed by atoms with van der Waals surface area (Å²) in [5.41, 5.74) is 0.615. The third kappa shape index (κ3) is 6.34. The van der Waals surface area contributed by atoms with Crippen LogP contribution in [-0.2, 0) is 17.8 Å². The Kier molecular flexibility index (Phi) is 6.99. The predicted molar refractivity (Wildman–Crippen MR) is 115 cm³/mol. The van der Waals surface area contributed by atoms with Gasteiger partial charge in [-0.25, -0.2) is 0 Å². The summed E-state index contributed by atoms with van der Waals surface area (Å²) in [7, 11) is 3.17. The van der Waals surface area contributed by atoms with E-state index in [-0.39, 0.29) is 11.3 Å². The molecular formula is C23H29N3O5. The lowest BCUT2D eigenvalue weighted by atomic mass is 9.91. The Bertz CT molecular complexity index is 967. The molecule has 0 saturated carbocycles. The van der Waals surface area contributed by atoms with Gasteiger partial charge in [-0.15, -0.1) is 0 Å². The number of carbonyl (C=O) groups excluding carboxylic acids is 1. The molecule has 0 radical (unpaired) electrons. The molecule has 166 valence electrons. The molecule has 0 aliphatic rings. The van der Waals surface area contributed by atoms with Gasteiger partial charge in [0.15, 0.2) is 0 Å². The van der Waals surface area contributed by atoms with Crippen LogP contribution in [0.4, 0.5) is 0 Å². The van der Waals surface area contributed by atoms with E-state index < -0.39 is 0 Å². The van der Waals surface area contributed by atoms with E-state index in [0.717, 1.165) is 11.3 Å². The lowest BCUT2D eigenvalue weighted by Gasteiger charge is -2.25. The molecule has 1 aromatic carbocycles. The second kappa shape index (κ2) is 9.68. The Morgan fingerprint density at radius 2 is 1.84 bits per heavy atom. The second-order valence-electron chi connectivity index (χ2n) is 8.50. The van der Waals surface area contributed by atoms with Crippen molar-refractivity contribution in [2.75, 3.05) is 20.8 Å². The summed E-state index contributed by atoms with van der Waals surface area (Å²) in [6.45, 7) is 6.97. The van der Waals surface area contributed by atoms with Gasteiger partial charge in [0.1, 0.15) is 17.3 Å². The standard InChI is InChI=1S/C23H29N3O5/c1-23(2,3)14-21(27)26(15-17-7-6-10-30-17)9-8-20-24-22(25-31-20)16-11-18(28-4)13-19(12-16)29-5/h6-7,10-13H,8-9,14-15H2,1-5H3. The van der Waals surface area contributed by atoms with Crippen LogP contribution in [0.2, 0.25) is 0 Å². The van der Waals surface area contributed by atoms with Gasteiger partial charge in [0.25, 0.3) is 0 Å². The topological polar surface area (TPSA) is 90.8 Å². The Morgan fingerprint density at radius 3 is 2.42 bits per heavy atom. The number of aromatic nitrogens is 2. The van der Waals surface area contributed by atoms with Crippen molar-refractivity contribution in [3.63, 3.8) is 0 Å². The lowest BCUT2D eigenvalue weighted by molar-refractivity contribution is -0.134. The van der Waals surface area contributed by atoms with E-state index in [1.165, 1.54) is 0 Å². The summed E-state index contributed by atoms with van der Waals surface area (Å²) in [5, 5.41) is 4.08. The molecule has 0 saturated heterocycles. The zero-order valence-electron chi connectivity index (χ0n) is 18.7. The molecule has 3 rings (SSSR count). The summed E-state index contributed by atoms with van der Waals surface area (Å²) in [6, 6.07) is 9.07. The highest BCUT2D eigenvalue weighted by Crippen LogP contribution is 2.28. The minimum Gasteiger partial charge on any atom is -0.497 e. The molecule has 3 aromatic rings. The van der Waals surface area contributed by atoms with E-state index >= 15 is 0 Å². The van der Waals surface area contributed by atoms with E-state index in [0.29, 0.717) is 49.1 Å². The van der Waals surface area contributed by atoms with Crippen molar-refractivity contribution in [2.24, 2.45) is 5.41 Å². The number of methoxy groups -OCH3 is 2. The number of furan rings is 1. The first-order valence-corrected chi connectivity index (χ1v) is 10.1. The molecule has 0 N–H and O–H groups in total. The van der Waals surface area contributed by atoms with Gasteiger partial charge < -0.3 is 23.3 Å². The number of hydrogen-bond donors (Lipinski definition) is 0. The van der Waals surface area contributed by atoms with Crippen LogP contribution in [0.25, 0.3) is 11.4 Å². The molecule has 0 fully saturated rings. The van der Waals surface area contributed by atoms with Crippen molar-refractivity contribution >= 4 is 5.91 Å². The lowest BCUT2D eigenvalue weighted by Crippen LogP contribution is -2.34. The molecule has 0 aliphatic carbocycles. The van der Waals surface area contributed by atoms with Crippen LogP contribution in [-0.4, -0.2) is 41.7 Å². The summed E-state index contributed by atoms with van der Waals surface area (Å²) in [6.07, 6.45) is 2.48. The second-order valence-corrected chi connectivity index (χ2v) is 8.50. The van der Waals surface area contributed by atoms with E-state index in [2.05, 4.69) is 10.1 Å². The zero-order valence-corrected chi connectivity index (χ0v) is 18.7. The third-order valence-corrected chi connectivity index (χ3v) is 4.63. The number of carbonyl (C=O) groups is 1. The van der Waals surface area contributed by atoms with Crippen LogP contribution >= 0.6 is 0 Å². The maximum Gasteiger partial charge on any atom is 0.228 e. The molecule has 0 atom stereocenters. The zero-order chi connectivity index (χ0) is 22.4.